The SMILES string of the molecule is CC(C)(C)OC(=O)NC(=O)F.O=C(O)C1CCCCC1. The van der Waals surface area contributed by atoms with Gasteiger partial charge in [0, 0.05) is 0 Å². The van der Waals surface area contributed by atoms with Crippen LogP contribution in [0.3, 0.4) is 0 Å². The van der Waals surface area contributed by atoms with Crippen LogP contribution >= 0.6 is 0 Å². The lowest BCUT2D eigenvalue weighted by molar-refractivity contribution is -0.142. The number of nitrogens with one attached hydrogen (secondary N) is 1. The van der Waals surface area contributed by atoms with Gasteiger partial charge in [0.1, 0.15) is 5.60 Å². The van der Waals surface area contributed by atoms with E-state index in [1.165, 1.54) is 11.7 Å². The molecule has 0 atom stereocenters. The molecule has 6 nitrogen and oxygen atoms in total. The van der Waals surface area contributed by atoms with Gasteiger partial charge in [0.15, 0.2) is 0 Å². The number of halogens is 1. The second-order valence-corrected chi connectivity index (χ2v) is 5.57. The topological polar surface area (TPSA) is 92.7 Å². The van der Waals surface area contributed by atoms with Gasteiger partial charge in [-0.2, -0.15) is 0 Å². The Morgan fingerprint density at radius 3 is 1.95 bits per heavy atom. The van der Waals surface area contributed by atoms with Crippen molar-refractivity contribution in [1.29, 1.82) is 0 Å². The van der Waals surface area contributed by atoms with Gasteiger partial charge in [-0.05, 0) is 33.6 Å². The second-order valence-electron chi connectivity index (χ2n) is 5.57. The second kappa shape index (κ2) is 8.50. The molecule has 1 fully saturated rings. The van der Waals surface area contributed by atoms with E-state index in [-0.39, 0.29) is 5.92 Å². The average Bonchev–Trinajstić information content (AvgIpc) is 2.27. The highest BCUT2D eigenvalue weighted by atomic mass is 19.1. The Labute approximate surface area is 117 Å². The molecule has 0 aromatic rings. The number of carbonyl (C=O) groups excluding carboxylic acids is 2. The lowest BCUT2D eigenvalue weighted by Crippen LogP contribution is -2.33. The lowest BCUT2D eigenvalue weighted by Gasteiger charge is -2.18. The molecule has 1 aliphatic rings. The summed E-state index contributed by atoms with van der Waals surface area (Å²) in [7, 11) is 0. The van der Waals surface area contributed by atoms with Gasteiger partial charge in [0.25, 0.3) is 0 Å². The summed E-state index contributed by atoms with van der Waals surface area (Å²) in [5.74, 6) is -0.631. The first-order chi connectivity index (χ1) is 9.11. The molecular weight excluding hydrogens is 269 g/mol. The van der Waals surface area contributed by atoms with Crippen LogP contribution in [0.1, 0.15) is 52.9 Å². The van der Waals surface area contributed by atoms with E-state index in [0.29, 0.717) is 0 Å². The van der Waals surface area contributed by atoms with Gasteiger partial charge >= 0.3 is 18.2 Å². The Morgan fingerprint density at radius 1 is 1.15 bits per heavy atom. The molecule has 116 valence electrons. The fourth-order valence-electron chi connectivity index (χ4n) is 1.73. The Kier molecular flexibility index (Phi) is 7.79. The Hall–Kier alpha value is -1.66. The van der Waals surface area contributed by atoms with Crippen molar-refractivity contribution in [3.63, 3.8) is 0 Å². The Morgan fingerprint density at radius 2 is 1.65 bits per heavy atom. The molecule has 0 aromatic carbocycles. The summed E-state index contributed by atoms with van der Waals surface area (Å²) >= 11 is 0. The number of amides is 2. The number of carboxylic acids is 1. The molecule has 0 spiro atoms. The first-order valence-electron chi connectivity index (χ1n) is 6.54. The van der Waals surface area contributed by atoms with Crippen molar-refractivity contribution in [2.24, 2.45) is 5.92 Å². The van der Waals surface area contributed by atoms with Crippen LogP contribution in [0.2, 0.25) is 0 Å². The summed E-state index contributed by atoms with van der Waals surface area (Å²) in [5.41, 5.74) is -0.723. The molecule has 20 heavy (non-hydrogen) atoms. The summed E-state index contributed by atoms with van der Waals surface area (Å²) in [5, 5.41) is 9.87. The predicted octanol–water partition coefficient (Wildman–Crippen LogP) is 3.25. The number of alkyl carbamates (subject to hydrolysis) is 1. The van der Waals surface area contributed by atoms with E-state index in [1.54, 1.807) is 20.8 Å². The van der Waals surface area contributed by atoms with E-state index >= 15 is 0 Å². The van der Waals surface area contributed by atoms with E-state index < -0.39 is 23.8 Å². The summed E-state index contributed by atoms with van der Waals surface area (Å²) in [6.45, 7) is 4.82. The summed E-state index contributed by atoms with van der Waals surface area (Å²) in [6.07, 6.45) is 2.24. The smallest absolute Gasteiger partial charge is 0.416 e. The van der Waals surface area contributed by atoms with Crippen molar-refractivity contribution in [1.82, 2.24) is 5.32 Å². The van der Waals surface area contributed by atoms with Crippen LogP contribution in [-0.4, -0.2) is 28.9 Å². The molecule has 0 bridgehead atoms. The highest BCUT2D eigenvalue weighted by Gasteiger charge is 2.19. The van der Waals surface area contributed by atoms with Crippen LogP contribution < -0.4 is 5.32 Å². The third kappa shape index (κ3) is 10.3. The van der Waals surface area contributed by atoms with E-state index in [4.69, 9.17) is 5.11 Å². The quantitative estimate of drug-likeness (QED) is 0.571. The summed E-state index contributed by atoms with van der Waals surface area (Å²) in [4.78, 5) is 30.5. The van der Waals surface area contributed by atoms with E-state index in [0.717, 1.165) is 25.7 Å². The van der Waals surface area contributed by atoms with E-state index in [1.807, 2.05) is 0 Å². The van der Waals surface area contributed by atoms with Crippen LogP contribution in [0.5, 0.6) is 0 Å². The number of imide groups is 1. The number of carbonyl (C=O) groups is 3. The molecular formula is C13H22FNO5. The van der Waals surface area contributed by atoms with Crippen LogP contribution in [0, 0.1) is 5.92 Å². The fourth-order valence-corrected chi connectivity index (χ4v) is 1.73. The highest BCUT2D eigenvalue weighted by Crippen LogP contribution is 2.23. The fraction of sp³-hybridized carbons (Fsp3) is 0.769. The predicted molar refractivity (Wildman–Crippen MR) is 70.1 cm³/mol. The first kappa shape index (κ1) is 18.3. The molecule has 1 saturated carbocycles. The number of aliphatic carboxylic acids is 1. The van der Waals surface area contributed by atoms with Crippen molar-refractivity contribution in [3.05, 3.63) is 0 Å². The van der Waals surface area contributed by atoms with Gasteiger partial charge in [0.05, 0.1) is 5.92 Å². The molecule has 0 heterocycles. The molecule has 0 aromatic heterocycles. The minimum atomic E-state index is -1.92. The van der Waals surface area contributed by atoms with Crippen molar-refractivity contribution < 1.29 is 28.6 Å². The third-order valence-corrected chi connectivity index (χ3v) is 2.55. The zero-order valence-electron chi connectivity index (χ0n) is 12.1. The number of ether oxygens (including phenoxy) is 1. The number of carboxylic acid groups (broad SMARTS) is 1. The highest BCUT2D eigenvalue weighted by molar-refractivity contribution is 5.86. The minimum Gasteiger partial charge on any atom is -0.481 e. The van der Waals surface area contributed by atoms with Gasteiger partial charge in [-0.15, -0.1) is 4.39 Å². The van der Waals surface area contributed by atoms with E-state index in [9.17, 15) is 18.8 Å². The van der Waals surface area contributed by atoms with Crippen LogP contribution in [-0.2, 0) is 9.53 Å². The standard InChI is InChI=1S/C7H12O2.C6H10FNO3/c8-7(9)6-4-2-1-3-5-6;1-6(2,3)11-5(10)8-4(7)9/h6H,1-5H2,(H,8,9);1-3H3,(H,8,9,10). The maximum Gasteiger partial charge on any atom is 0.416 e. The Bertz CT molecular complexity index is 345. The van der Waals surface area contributed by atoms with Gasteiger partial charge in [-0.1, -0.05) is 19.3 Å². The monoisotopic (exact) mass is 291 g/mol. The molecule has 0 saturated heterocycles. The Balaban J connectivity index is 0.000000367. The van der Waals surface area contributed by atoms with Crippen molar-refractivity contribution >= 4 is 18.2 Å². The molecule has 2 N–H and O–H groups in total. The zero-order chi connectivity index (χ0) is 15.8. The average molecular weight is 291 g/mol. The summed E-state index contributed by atoms with van der Waals surface area (Å²) in [6, 6.07) is 0. The van der Waals surface area contributed by atoms with Crippen LogP contribution in [0.15, 0.2) is 0 Å². The molecule has 2 amide bonds. The molecule has 1 aliphatic carbocycles. The number of hydrogen-bond donors (Lipinski definition) is 2. The normalized spacial score (nSPS) is 15.6. The number of rotatable bonds is 1. The molecule has 0 radical (unpaired) electrons. The maximum atomic E-state index is 11.5. The molecule has 7 heteroatoms. The first-order valence-corrected chi connectivity index (χ1v) is 6.54. The molecule has 1 rings (SSSR count). The van der Waals surface area contributed by atoms with E-state index in [2.05, 4.69) is 4.74 Å². The zero-order valence-corrected chi connectivity index (χ0v) is 12.1. The largest absolute Gasteiger partial charge is 0.481 e. The minimum absolute atomic E-state index is 0.0289. The van der Waals surface area contributed by atoms with Gasteiger partial charge < -0.3 is 9.84 Å². The molecule has 0 unspecified atom stereocenters. The van der Waals surface area contributed by atoms with Gasteiger partial charge in [0.2, 0.25) is 0 Å². The van der Waals surface area contributed by atoms with Crippen molar-refractivity contribution in [2.75, 3.05) is 0 Å². The van der Waals surface area contributed by atoms with Crippen molar-refractivity contribution in [2.45, 2.75) is 58.5 Å². The number of hydrogen-bond acceptors (Lipinski definition) is 4. The van der Waals surface area contributed by atoms with Gasteiger partial charge in [-0.3, -0.25) is 4.79 Å². The third-order valence-electron chi connectivity index (χ3n) is 2.55. The molecule has 0 aliphatic heterocycles. The van der Waals surface area contributed by atoms with Crippen molar-refractivity contribution in [3.8, 4) is 0 Å². The van der Waals surface area contributed by atoms with Crippen LogP contribution in [0.25, 0.3) is 0 Å². The van der Waals surface area contributed by atoms with Crippen LogP contribution in [0.4, 0.5) is 14.0 Å². The lowest BCUT2D eigenvalue weighted by atomic mass is 9.90. The summed E-state index contributed by atoms with van der Waals surface area (Å²) < 4.78 is 16.0. The van der Waals surface area contributed by atoms with Gasteiger partial charge in [-0.25, -0.2) is 14.9 Å². The maximum absolute atomic E-state index is 11.5.